The molecule has 1 amide bonds. The van der Waals surface area contributed by atoms with Crippen molar-refractivity contribution in [1.29, 1.82) is 0 Å². The quantitative estimate of drug-likeness (QED) is 0.0159. The Morgan fingerprint density at radius 2 is 1.64 bits per heavy atom. The summed E-state index contributed by atoms with van der Waals surface area (Å²) in [7, 11) is 0. The van der Waals surface area contributed by atoms with Gasteiger partial charge < -0.3 is 34.2 Å². The highest BCUT2D eigenvalue weighted by Crippen LogP contribution is 2.62. The van der Waals surface area contributed by atoms with Crippen molar-refractivity contribution >= 4 is 28.1 Å². The minimum Gasteiger partial charge on any atom is -0.492 e. The van der Waals surface area contributed by atoms with Crippen molar-refractivity contribution in [3.63, 3.8) is 0 Å². The Morgan fingerprint density at radius 3 is 2.36 bits per heavy atom. The van der Waals surface area contributed by atoms with Gasteiger partial charge in [-0.15, -0.1) is 6.58 Å². The van der Waals surface area contributed by atoms with Crippen LogP contribution >= 0.6 is 0 Å². The highest BCUT2D eigenvalue weighted by Gasteiger charge is 2.65. The number of unbranched alkanes of at least 4 members (excludes halogenated alkanes) is 10. The Labute approximate surface area is 438 Å². The molecule has 4 aromatic carbocycles. The van der Waals surface area contributed by atoms with E-state index in [0.717, 1.165) is 110 Å². The Bertz CT molecular complexity index is 2520. The Kier molecular flexibility index (Phi) is 20.1. The van der Waals surface area contributed by atoms with Crippen LogP contribution in [0.3, 0.4) is 0 Å². The monoisotopic (exact) mass is 1010 g/mol. The molecule has 2 aliphatic heterocycles. The lowest BCUT2D eigenvalue weighted by atomic mass is 9.55. The van der Waals surface area contributed by atoms with Crippen LogP contribution in [0.2, 0.25) is 0 Å². The number of nitro groups is 1. The van der Waals surface area contributed by atoms with Gasteiger partial charge in [-0.3, -0.25) is 19.8 Å². The van der Waals surface area contributed by atoms with Gasteiger partial charge in [-0.2, -0.15) is 0 Å². The normalized spacial score (nSPS) is 22.3. The van der Waals surface area contributed by atoms with Gasteiger partial charge in [0.1, 0.15) is 30.8 Å². The minimum atomic E-state index is -1.42. The number of nitro benzene ring substituents is 1. The molecule has 6 unspecified atom stereocenters. The molecule has 0 aromatic heterocycles. The van der Waals surface area contributed by atoms with Crippen LogP contribution in [0.1, 0.15) is 139 Å². The Hall–Kier alpha value is -5.60. The van der Waals surface area contributed by atoms with Gasteiger partial charge in [-0.25, -0.2) is 0 Å². The predicted octanol–water partition coefficient (Wildman–Crippen LogP) is 12.2. The zero-order chi connectivity index (χ0) is 51.7. The molecule has 13 heteroatoms. The second kappa shape index (κ2) is 27.3. The smallest absolute Gasteiger partial charge is 0.269 e. The summed E-state index contributed by atoms with van der Waals surface area (Å²) < 4.78 is 21.4. The first-order valence-electron chi connectivity index (χ1n) is 27.8. The number of nitrogens with zero attached hydrogens (tertiary/aromatic N) is 4. The van der Waals surface area contributed by atoms with Gasteiger partial charge in [-0.1, -0.05) is 131 Å². The van der Waals surface area contributed by atoms with Crippen LogP contribution in [-0.2, 0) is 27.5 Å². The fraction of sp³-hybridized carbons (Fsp3) is 0.541. The van der Waals surface area contributed by atoms with Crippen LogP contribution < -0.4 is 9.47 Å². The zero-order valence-electron chi connectivity index (χ0n) is 43.8. The second-order valence-electron chi connectivity index (χ2n) is 20.9. The van der Waals surface area contributed by atoms with Crippen molar-refractivity contribution < 1.29 is 39.0 Å². The van der Waals surface area contributed by atoms with Crippen molar-refractivity contribution in [2.45, 2.75) is 147 Å². The van der Waals surface area contributed by atoms with Gasteiger partial charge in [0.2, 0.25) is 11.7 Å². The van der Waals surface area contributed by atoms with Crippen molar-refractivity contribution in [3.8, 4) is 11.5 Å². The maximum Gasteiger partial charge on any atom is 0.269 e. The maximum absolute atomic E-state index is 15.6. The third-order valence-electron chi connectivity index (χ3n) is 15.8. The highest BCUT2D eigenvalue weighted by atomic mass is 16.7. The molecule has 4 aromatic rings. The molecule has 398 valence electrons. The van der Waals surface area contributed by atoms with Crippen molar-refractivity contribution in [2.24, 2.45) is 22.9 Å². The number of hydrogen-bond donors (Lipinski definition) is 2. The first kappa shape index (κ1) is 54.7. The molecule has 6 atom stereocenters. The number of allylic oxidation sites excluding steroid dienone is 1. The van der Waals surface area contributed by atoms with E-state index in [9.17, 15) is 20.3 Å². The number of hydrogen-bond acceptors (Lipinski definition) is 11. The van der Waals surface area contributed by atoms with E-state index in [0.29, 0.717) is 43.9 Å². The number of benzene rings is 4. The SMILES string of the molecule is C=CCOC12Oc3ccc(OCCN4CC4)cc3C3C(CCCCO)C(CCCCO)C=C(C(=NOCc4ccc([N+](=O)[O-])cc4)CC1N(Cc1cccc4ccccc14)C(=O)CCCCCCCCCCC)C32. The lowest BCUT2D eigenvalue weighted by Gasteiger charge is -2.60. The number of non-ortho nitro benzene ring substituents is 1. The summed E-state index contributed by atoms with van der Waals surface area (Å²) in [4.78, 5) is 37.4. The summed E-state index contributed by atoms with van der Waals surface area (Å²) in [5.74, 6) is -0.516. The number of ether oxygens (including phenoxy) is 3. The number of carbonyl (C=O) groups is 1. The average Bonchev–Trinajstić information content (AvgIpc) is 4.26. The van der Waals surface area contributed by atoms with Crippen molar-refractivity contribution in [3.05, 3.63) is 136 Å². The van der Waals surface area contributed by atoms with E-state index >= 15 is 4.79 Å². The van der Waals surface area contributed by atoms with Crippen molar-refractivity contribution in [1.82, 2.24) is 9.80 Å². The molecule has 2 heterocycles. The third kappa shape index (κ3) is 13.6. The standard InChI is InChI=1S/C61H80N4O9/c1-3-5-6-7-8-9-10-11-12-26-58(68)64(43-48-23-19-22-46-20-13-14-24-51(46)48)57-42-55(62-73-44-45-27-29-49(30-28-45)65(69)70)53-40-47(21-15-17-36-66)52(25-16-18-37-67)59-54-41-50(71-39-35-63-33-34-63)31-32-56(54)74-61(57,60(53)59)72-38-4-2/h4,13-14,19-20,22-24,27-32,40-41,47,52,57,59-60,66-67H,2-3,5-12,15-18,21,25-26,33-39,42-44H2,1H3. The summed E-state index contributed by atoms with van der Waals surface area (Å²) in [6, 6.07) is 26.4. The second-order valence-corrected chi connectivity index (χ2v) is 20.9. The van der Waals surface area contributed by atoms with E-state index in [-0.39, 0.29) is 62.2 Å². The fourth-order valence-corrected chi connectivity index (χ4v) is 11.9. The third-order valence-corrected chi connectivity index (χ3v) is 15.8. The van der Waals surface area contributed by atoms with Gasteiger partial charge in [-0.05, 0) is 102 Å². The molecule has 2 aliphatic carbocycles. The summed E-state index contributed by atoms with van der Waals surface area (Å²) in [6.07, 6.45) is 19.5. The molecule has 13 nitrogen and oxygen atoms in total. The van der Waals surface area contributed by atoms with Crippen LogP contribution in [0.5, 0.6) is 11.5 Å². The average molecular weight is 1010 g/mol. The number of amides is 1. The predicted molar refractivity (Wildman–Crippen MR) is 291 cm³/mol. The fourth-order valence-electron chi connectivity index (χ4n) is 11.9. The van der Waals surface area contributed by atoms with E-state index in [4.69, 9.17) is 24.2 Å². The molecule has 1 saturated carbocycles. The Morgan fingerprint density at radius 1 is 0.905 bits per heavy atom. The van der Waals surface area contributed by atoms with Crippen LogP contribution in [0, 0.1) is 27.9 Å². The summed E-state index contributed by atoms with van der Waals surface area (Å²) in [5.41, 5.74) is 4.40. The van der Waals surface area contributed by atoms with E-state index in [1.807, 2.05) is 29.2 Å². The molecule has 2 N–H and O–H groups in total. The number of carbonyl (C=O) groups excluding carboxylic acids is 1. The first-order valence-corrected chi connectivity index (χ1v) is 27.8. The van der Waals surface area contributed by atoms with Gasteiger partial charge >= 0.3 is 0 Å². The van der Waals surface area contributed by atoms with Gasteiger partial charge in [0.05, 0.1) is 23.2 Å². The molecule has 8 rings (SSSR count). The van der Waals surface area contributed by atoms with Gasteiger partial charge in [0.15, 0.2) is 0 Å². The molecule has 2 fully saturated rings. The maximum atomic E-state index is 15.6. The Balaban J connectivity index is 1.27. The molecule has 4 aliphatic rings. The van der Waals surface area contributed by atoms with E-state index < -0.39 is 22.7 Å². The van der Waals surface area contributed by atoms with Crippen LogP contribution in [0.15, 0.2) is 114 Å². The molecule has 74 heavy (non-hydrogen) atoms. The summed E-state index contributed by atoms with van der Waals surface area (Å²) in [5, 5.41) is 38.9. The molecule has 0 radical (unpaired) electrons. The highest BCUT2D eigenvalue weighted by molar-refractivity contribution is 6.03. The lowest BCUT2D eigenvalue weighted by molar-refractivity contribution is -0.384. The van der Waals surface area contributed by atoms with E-state index in [1.54, 1.807) is 18.2 Å². The number of aliphatic hydroxyl groups is 2. The zero-order valence-corrected chi connectivity index (χ0v) is 43.8. The van der Waals surface area contributed by atoms with Crippen LogP contribution in [-0.4, -0.2) is 94.4 Å². The van der Waals surface area contributed by atoms with Crippen molar-refractivity contribution in [2.75, 3.05) is 46.1 Å². The molecular weight excluding hydrogens is 933 g/mol. The topological polar surface area (TPSA) is 156 Å². The van der Waals surface area contributed by atoms with Crippen LogP contribution in [0.4, 0.5) is 5.69 Å². The largest absolute Gasteiger partial charge is 0.492 e. The molecular formula is C61H80N4O9. The molecule has 0 bridgehead atoms. The van der Waals surface area contributed by atoms with Gasteiger partial charge in [0.25, 0.3) is 5.69 Å². The van der Waals surface area contributed by atoms with E-state index in [1.165, 1.54) is 44.2 Å². The number of oxime groups is 1. The number of fused-ring (bicyclic) bond motifs is 3. The molecule has 1 saturated heterocycles. The number of aliphatic hydroxyl groups excluding tert-OH is 2. The van der Waals surface area contributed by atoms with Gasteiger partial charge in [0, 0.05) is 75.8 Å². The summed E-state index contributed by atoms with van der Waals surface area (Å²) in [6.45, 7) is 10.7. The number of rotatable bonds is 32. The first-order chi connectivity index (χ1) is 36.3. The van der Waals surface area contributed by atoms with E-state index in [2.05, 4.69) is 60.9 Å². The molecule has 0 spiro atoms. The summed E-state index contributed by atoms with van der Waals surface area (Å²) >= 11 is 0. The lowest BCUT2D eigenvalue weighted by Crippen LogP contribution is -2.70. The van der Waals surface area contributed by atoms with Crippen LogP contribution in [0.25, 0.3) is 10.8 Å². The minimum absolute atomic E-state index is 0.00423.